The van der Waals surface area contributed by atoms with E-state index in [-0.39, 0.29) is 36.6 Å². The summed E-state index contributed by atoms with van der Waals surface area (Å²) in [6.45, 7) is 2.52. The second-order valence-corrected chi connectivity index (χ2v) is 9.60. The Morgan fingerprint density at radius 3 is 2.30 bits per heavy atom. The number of likely N-dealkylation sites (tertiary alicyclic amines) is 1. The molecule has 3 aromatic rings. The van der Waals surface area contributed by atoms with Gasteiger partial charge in [0.15, 0.2) is 6.29 Å². The van der Waals surface area contributed by atoms with Gasteiger partial charge in [-0.15, -0.1) is 5.10 Å². The van der Waals surface area contributed by atoms with Gasteiger partial charge in [0.25, 0.3) is 0 Å². The minimum atomic E-state index is -5.01. The molecular formula is C26H22F7N3O4. The number of H-pyrrole nitrogens is 1. The van der Waals surface area contributed by atoms with Crippen molar-refractivity contribution in [2.24, 2.45) is 5.92 Å². The molecule has 0 unspecified atom stereocenters. The lowest BCUT2D eigenvalue weighted by molar-refractivity contribution is -0.147. The van der Waals surface area contributed by atoms with Gasteiger partial charge in [0.2, 0.25) is 5.89 Å². The zero-order chi connectivity index (χ0) is 28.8. The second-order valence-electron chi connectivity index (χ2n) is 9.60. The van der Waals surface area contributed by atoms with Gasteiger partial charge < -0.3 is 13.9 Å². The van der Waals surface area contributed by atoms with Crippen LogP contribution in [0.4, 0.5) is 30.7 Å². The van der Waals surface area contributed by atoms with Crippen LogP contribution in [0.3, 0.4) is 0 Å². The van der Waals surface area contributed by atoms with Crippen molar-refractivity contribution in [2.75, 3.05) is 19.7 Å². The molecule has 0 amide bonds. The third kappa shape index (κ3) is 5.98. The fraction of sp³-hybridized carbons (Fsp3) is 0.385. The molecule has 3 heterocycles. The number of halogens is 7. The summed E-state index contributed by atoms with van der Waals surface area (Å²) in [7, 11) is 0. The number of aromatic nitrogens is 2. The zero-order valence-corrected chi connectivity index (χ0v) is 20.8. The van der Waals surface area contributed by atoms with Gasteiger partial charge in [-0.1, -0.05) is 12.1 Å². The monoisotopic (exact) mass is 573 g/mol. The van der Waals surface area contributed by atoms with E-state index >= 15 is 0 Å². The molecule has 1 aromatic heterocycles. The van der Waals surface area contributed by atoms with Crippen LogP contribution < -0.4 is 5.76 Å². The summed E-state index contributed by atoms with van der Waals surface area (Å²) in [5.74, 6) is -1.18. The average Bonchev–Trinajstić information content (AvgIpc) is 3.48. The first-order valence-corrected chi connectivity index (χ1v) is 12.1. The molecule has 1 saturated heterocycles. The van der Waals surface area contributed by atoms with E-state index < -0.39 is 47.4 Å². The number of alkyl halides is 6. The average molecular weight is 573 g/mol. The first-order chi connectivity index (χ1) is 18.8. The van der Waals surface area contributed by atoms with Crippen LogP contribution in [0.25, 0.3) is 5.57 Å². The van der Waals surface area contributed by atoms with Crippen molar-refractivity contribution in [3.05, 3.63) is 92.6 Å². The fourth-order valence-corrected chi connectivity index (χ4v) is 4.93. The first kappa shape index (κ1) is 28.1. The highest BCUT2D eigenvalue weighted by atomic mass is 19.4. The number of hydrogen-bond donors (Lipinski definition) is 1. The predicted molar refractivity (Wildman–Crippen MR) is 125 cm³/mol. The molecule has 0 aliphatic carbocycles. The Balaban J connectivity index is 1.48. The second kappa shape index (κ2) is 10.5. The van der Waals surface area contributed by atoms with Gasteiger partial charge in [0.1, 0.15) is 5.82 Å². The van der Waals surface area contributed by atoms with Crippen molar-refractivity contribution in [1.29, 1.82) is 0 Å². The SMILES string of the molecule is C[C@@H](O[C@H]1OC[C@@H]2CN(Cc3n[nH]c(=O)o3)CC2=C1c1ccc(F)cc1)c1cc(C(F)(F)F)cc(C(F)(F)F)c1. The summed E-state index contributed by atoms with van der Waals surface area (Å²) in [4.78, 5) is 13.2. The number of nitrogens with zero attached hydrogens (tertiary/aromatic N) is 2. The lowest BCUT2D eigenvalue weighted by Gasteiger charge is -2.33. The molecule has 5 rings (SSSR count). The minimum Gasteiger partial charge on any atom is -0.391 e. The molecule has 40 heavy (non-hydrogen) atoms. The summed E-state index contributed by atoms with van der Waals surface area (Å²) in [6, 6.07) is 6.72. The highest BCUT2D eigenvalue weighted by Gasteiger charge is 2.40. The number of ether oxygens (including phenoxy) is 2. The Bertz CT molecular complexity index is 1430. The van der Waals surface area contributed by atoms with E-state index in [0.717, 1.165) is 5.57 Å². The third-order valence-corrected chi connectivity index (χ3v) is 6.80. The van der Waals surface area contributed by atoms with E-state index in [1.165, 1.54) is 31.2 Å². The van der Waals surface area contributed by atoms with Crippen molar-refractivity contribution in [3.63, 3.8) is 0 Å². The van der Waals surface area contributed by atoms with E-state index in [1.54, 1.807) is 0 Å². The summed E-state index contributed by atoms with van der Waals surface area (Å²) in [5, 5.41) is 5.98. The van der Waals surface area contributed by atoms with E-state index in [9.17, 15) is 35.5 Å². The van der Waals surface area contributed by atoms with Gasteiger partial charge in [-0.2, -0.15) is 26.3 Å². The van der Waals surface area contributed by atoms with Gasteiger partial charge in [-0.25, -0.2) is 14.3 Å². The Hall–Kier alpha value is -3.49. The molecule has 0 radical (unpaired) electrons. The molecule has 1 fully saturated rings. The van der Waals surface area contributed by atoms with Gasteiger partial charge in [-0.3, -0.25) is 4.90 Å². The number of nitrogens with one attached hydrogen (secondary N) is 1. The third-order valence-electron chi connectivity index (χ3n) is 6.80. The summed E-state index contributed by atoms with van der Waals surface area (Å²) in [5.41, 5.74) is -1.38. The number of aromatic amines is 1. The van der Waals surface area contributed by atoms with Crippen molar-refractivity contribution < 1.29 is 44.6 Å². The molecule has 0 bridgehead atoms. The maximum Gasteiger partial charge on any atom is 0.434 e. The largest absolute Gasteiger partial charge is 0.434 e. The lowest BCUT2D eigenvalue weighted by atomic mass is 9.90. The van der Waals surface area contributed by atoms with Crippen LogP contribution in [-0.2, 0) is 28.4 Å². The van der Waals surface area contributed by atoms with Crippen LogP contribution in [0.2, 0.25) is 0 Å². The predicted octanol–water partition coefficient (Wildman–Crippen LogP) is 5.56. The lowest BCUT2D eigenvalue weighted by Crippen LogP contribution is -2.31. The summed E-state index contributed by atoms with van der Waals surface area (Å²) < 4.78 is 111. The van der Waals surface area contributed by atoms with Gasteiger partial charge >= 0.3 is 18.1 Å². The summed E-state index contributed by atoms with van der Waals surface area (Å²) in [6.07, 6.45) is -12.4. The number of benzene rings is 2. The van der Waals surface area contributed by atoms with Crippen LogP contribution in [0.1, 0.15) is 41.2 Å². The van der Waals surface area contributed by atoms with Crippen molar-refractivity contribution >= 4 is 5.57 Å². The normalized spacial score (nSPS) is 21.1. The molecule has 1 N–H and O–H groups in total. The Labute approximate surface area is 222 Å². The van der Waals surface area contributed by atoms with Crippen LogP contribution >= 0.6 is 0 Å². The molecule has 14 heteroatoms. The Morgan fingerprint density at radius 1 is 1.07 bits per heavy atom. The van der Waals surface area contributed by atoms with Crippen LogP contribution in [-0.4, -0.2) is 41.1 Å². The highest BCUT2D eigenvalue weighted by molar-refractivity contribution is 5.73. The van der Waals surface area contributed by atoms with Crippen molar-refractivity contribution in [3.8, 4) is 0 Å². The van der Waals surface area contributed by atoms with Crippen molar-refractivity contribution in [1.82, 2.24) is 15.1 Å². The van der Waals surface area contributed by atoms with Gasteiger partial charge in [0.05, 0.1) is 30.4 Å². The Kier molecular flexibility index (Phi) is 7.35. The topological polar surface area (TPSA) is 80.6 Å². The summed E-state index contributed by atoms with van der Waals surface area (Å²) >= 11 is 0. The Morgan fingerprint density at radius 2 is 1.73 bits per heavy atom. The highest BCUT2D eigenvalue weighted by Crippen LogP contribution is 2.42. The molecule has 0 saturated carbocycles. The van der Waals surface area contributed by atoms with Gasteiger partial charge in [-0.05, 0) is 54.0 Å². The van der Waals surface area contributed by atoms with Crippen molar-refractivity contribution in [2.45, 2.75) is 38.2 Å². The molecule has 214 valence electrons. The molecular weight excluding hydrogens is 551 g/mol. The quantitative estimate of drug-likeness (QED) is 0.389. The van der Waals surface area contributed by atoms with E-state index in [2.05, 4.69) is 10.2 Å². The van der Waals surface area contributed by atoms with E-state index in [0.29, 0.717) is 36.4 Å². The van der Waals surface area contributed by atoms with Gasteiger partial charge in [0, 0.05) is 24.6 Å². The zero-order valence-electron chi connectivity index (χ0n) is 20.8. The molecule has 3 atom stereocenters. The van der Waals surface area contributed by atoms with E-state index in [1.807, 2.05) is 4.90 Å². The van der Waals surface area contributed by atoms with Crippen LogP contribution in [0.15, 0.2) is 57.2 Å². The molecule has 7 nitrogen and oxygen atoms in total. The molecule has 0 spiro atoms. The minimum absolute atomic E-state index is 0.0540. The number of rotatable bonds is 6. The molecule has 2 aromatic carbocycles. The standard InChI is InChI=1S/C26H22F7N3O4/c1-13(15-6-17(25(28,29)30)8-18(7-15)26(31,32)33)39-23-22(14-2-4-19(27)5-3-14)20-10-36(9-16(20)12-38-23)11-21-34-35-24(37)40-21/h2-8,13,16,23H,9-12H2,1H3,(H,35,37)/t13-,16+,23-/m1/s1. The maximum atomic E-state index is 13.7. The smallest absolute Gasteiger partial charge is 0.391 e. The number of hydrogen-bond acceptors (Lipinski definition) is 6. The first-order valence-electron chi connectivity index (χ1n) is 12.1. The van der Waals surface area contributed by atoms with E-state index in [4.69, 9.17) is 13.9 Å². The molecule has 2 aliphatic heterocycles. The van der Waals surface area contributed by atoms with Crippen LogP contribution in [0, 0.1) is 11.7 Å². The maximum absolute atomic E-state index is 13.7. The fourth-order valence-electron chi connectivity index (χ4n) is 4.93. The number of fused-ring (bicyclic) bond motifs is 1. The van der Waals surface area contributed by atoms with Crippen LogP contribution in [0.5, 0.6) is 0 Å². The molecule has 2 aliphatic rings.